The van der Waals surface area contributed by atoms with Crippen LogP contribution in [0.25, 0.3) is 5.69 Å². The average molecular weight is 306 g/mol. The highest BCUT2D eigenvalue weighted by Crippen LogP contribution is 2.29. The van der Waals surface area contributed by atoms with E-state index in [9.17, 15) is 0 Å². The fourth-order valence-corrected chi connectivity index (χ4v) is 2.44. The maximum absolute atomic E-state index is 4.57. The van der Waals surface area contributed by atoms with Crippen LogP contribution in [-0.2, 0) is 0 Å². The molecule has 1 aromatic carbocycles. The van der Waals surface area contributed by atoms with E-state index in [2.05, 4.69) is 62.1 Å². The summed E-state index contributed by atoms with van der Waals surface area (Å²) in [7, 11) is 0. The quantitative estimate of drug-likeness (QED) is 0.934. The monoisotopic (exact) mass is 305 g/mol. The van der Waals surface area contributed by atoms with E-state index in [1.54, 1.807) is 0 Å². The van der Waals surface area contributed by atoms with Crippen molar-refractivity contribution in [3.05, 3.63) is 40.1 Å². The lowest BCUT2D eigenvalue weighted by Gasteiger charge is -2.11. The van der Waals surface area contributed by atoms with E-state index in [1.807, 2.05) is 6.92 Å². The van der Waals surface area contributed by atoms with Crippen LogP contribution in [0.2, 0.25) is 0 Å². The van der Waals surface area contributed by atoms with Crippen molar-refractivity contribution >= 4 is 21.9 Å². The maximum Gasteiger partial charge on any atom is 0.207 e. The Balaban J connectivity index is 2.06. The van der Waals surface area contributed by atoms with E-state index in [0.29, 0.717) is 6.04 Å². The molecule has 1 fully saturated rings. The number of anilines is 1. The predicted molar refractivity (Wildman–Crippen MR) is 77.4 cm³/mol. The summed E-state index contributed by atoms with van der Waals surface area (Å²) in [4.78, 5) is 4.57. The lowest BCUT2D eigenvalue weighted by Crippen LogP contribution is -2.08. The Kier molecular flexibility index (Phi) is 2.90. The Labute approximate surface area is 115 Å². The molecule has 0 radical (unpaired) electrons. The molecule has 1 heterocycles. The van der Waals surface area contributed by atoms with Crippen LogP contribution in [0.15, 0.2) is 28.9 Å². The van der Waals surface area contributed by atoms with Gasteiger partial charge in [-0.3, -0.25) is 4.57 Å². The number of nitrogens with one attached hydrogen (secondary N) is 1. The first-order chi connectivity index (χ1) is 8.63. The van der Waals surface area contributed by atoms with E-state index in [4.69, 9.17) is 0 Å². The molecular weight excluding hydrogens is 290 g/mol. The number of aryl methyl sites for hydroxylation is 2. The Morgan fingerprint density at radius 2 is 2.11 bits per heavy atom. The van der Waals surface area contributed by atoms with Gasteiger partial charge in [-0.25, -0.2) is 4.98 Å². The SMILES string of the molecule is Cc1ccc(Br)c(-n2cc(C)nc2NC2CC2)c1. The third-order valence-corrected chi connectivity index (χ3v) is 3.77. The van der Waals surface area contributed by atoms with Crippen LogP contribution in [0.4, 0.5) is 5.95 Å². The Morgan fingerprint density at radius 1 is 1.33 bits per heavy atom. The van der Waals surface area contributed by atoms with Gasteiger partial charge in [0.1, 0.15) is 0 Å². The largest absolute Gasteiger partial charge is 0.353 e. The van der Waals surface area contributed by atoms with Gasteiger partial charge in [0.2, 0.25) is 5.95 Å². The summed E-state index contributed by atoms with van der Waals surface area (Å²) in [6, 6.07) is 6.96. The summed E-state index contributed by atoms with van der Waals surface area (Å²) in [5.41, 5.74) is 3.42. The van der Waals surface area contributed by atoms with Gasteiger partial charge in [-0.05, 0) is 60.3 Å². The molecule has 1 aromatic heterocycles. The first kappa shape index (κ1) is 11.8. The van der Waals surface area contributed by atoms with E-state index in [1.165, 1.54) is 18.4 Å². The average Bonchev–Trinajstić information content (AvgIpc) is 3.05. The molecule has 1 aliphatic carbocycles. The summed E-state index contributed by atoms with van der Waals surface area (Å²) < 4.78 is 3.22. The molecule has 0 aliphatic heterocycles. The highest BCUT2D eigenvalue weighted by molar-refractivity contribution is 9.10. The molecule has 0 saturated heterocycles. The molecule has 18 heavy (non-hydrogen) atoms. The molecular formula is C14H16BrN3. The Bertz CT molecular complexity index is 585. The topological polar surface area (TPSA) is 29.9 Å². The van der Waals surface area contributed by atoms with Gasteiger partial charge in [-0.1, -0.05) is 6.07 Å². The number of halogens is 1. The summed E-state index contributed by atoms with van der Waals surface area (Å²) in [5.74, 6) is 0.946. The molecule has 0 amide bonds. The minimum atomic E-state index is 0.606. The van der Waals surface area contributed by atoms with Crippen LogP contribution in [0, 0.1) is 13.8 Å². The molecule has 1 N–H and O–H groups in total. The fraction of sp³-hybridized carbons (Fsp3) is 0.357. The smallest absolute Gasteiger partial charge is 0.207 e. The van der Waals surface area contributed by atoms with Crippen LogP contribution in [-0.4, -0.2) is 15.6 Å². The molecule has 1 saturated carbocycles. The third-order valence-electron chi connectivity index (χ3n) is 3.10. The van der Waals surface area contributed by atoms with Gasteiger partial charge >= 0.3 is 0 Å². The van der Waals surface area contributed by atoms with Crippen molar-refractivity contribution in [1.29, 1.82) is 0 Å². The molecule has 94 valence electrons. The highest BCUT2D eigenvalue weighted by atomic mass is 79.9. The Morgan fingerprint density at radius 3 is 2.83 bits per heavy atom. The minimum Gasteiger partial charge on any atom is -0.353 e. The molecule has 3 nitrogen and oxygen atoms in total. The molecule has 3 rings (SSSR count). The minimum absolute atomic E-state index is 0.606. The zero-order chi connectivity index (χ0) is 12.7. The van der Waals surface area contributed by atoms with Gasteiger partial charge in [0.15, 0.2) is 0 Å². The third kappa shape index (κ3) is 2.29. The summed E-state index contributed by atoms with van der Waals surface area (Å²) in [6.45, 7) is 4.13. The van der Waals surface area contributed by atoms with Crippen molar-refractivity contribution in [3.8, 4) is 5.69 Å². The summed E-state index contributed by atoms with van der Waals surface area (Å²) in [5, 5.41) is 3.48. The second-order valence-corrected chi connectivity index (χ2v) is 5.80. The second kappa shape index (κ2) is 4.43. The molecule has 2 aromatic rings. The standard InChI is InChI=1S/C14H16BrN3/c1-9-3-6-12(15)13(7-9)18-8-10(2)16-14(18)17-11-4-5-11/h3,6-8,11H,4-5H2,1-2H3,(H,16,17). The number of nitrogens with zero attached hydrogens (tertiary/aromatic N) is 2. The van der Waals surface area contributed by atoms with E-state index in [0.717, 1.165) is 21.8 Å². The summed E-state index contributed by atoms with van der Waals surface area (Å²) in [6.07, 6.45) is 4.58. The fourth-order valence-electron chi connectivity index (χ4n) is 2.00. The number of hydrogen-bond donors (Lipinski definition) is 1. The number of benzene rings is 1. The zero-order valence-electron chi connectivity index (χ0n) is 10.6. The van der Waals surface area contributed by atoms with Gasteiger partial charge in [0, 0.05) is 16.7 Å². The number of aromatic nitrogens is 2. The van der Waals surface area contributed by atoms with Gasteiger partial charge in [-0.15, -0.1) is 0 Å². The van der Waals surface area contributed by atoms with Crippen LogP contribution in [0.5, 0.6) is 0 Å². The van der Waals surface area contributed by atoms with Crippen molar-refractivity contribution in [3.63, 3.8) is 0 Å². The summed E-state index contributed by atoms with van der Waals surface area (Å²) >= 11 is 3.62. The van der Waals surface area contributed by atoms with Crippen molar-refractivity contribution in [2.24, 2.45) is 0 Å². The molecule has 4 heteroatoms. The van der Waals surface area contributed by atoms with Crippen LogP contribution in [0.3, 0.4) is 0 Å². The van der Waals surface area contributed by atoms with Gasteiger partial charge in [0.25, 0.3) is 0 Å². The highest BCUT2D eigenvalue weighted by Gasteiger charge is 2.23. The first-order valence-electron chi connectivity index (χ1n) is 6.22. The number of hydrogen-bond acceptors (Lipinski definition) is 2. The first-order valence-corrected chi connectivity index (χ1v) is 7.02. The van der Waals surface area contributed by atoms with Crippen LogP contribution in [0.1, 0.15) is 24.1 Å². The second-order valence-electron chi connectivity index (χ2n) is 4.95. The number of rotatable bonds is 3. The van der Waals surface area contributed by atoms with Gasteiger partial charge in [-0.2, -0.15) is 0 Å². The van der Waals surface area contributed by atoms with E-state index in [-0.39, 0.29) is 0 Å². The molecule has 0 unspecified atom stereocenters. The van der Waals surface area contributed by atoms with E-state index < -0.39 is 0 Å². The van der Waals surface area contributed by atoms with Crippen LogP contribution < -0.4 is 5.32 Å². The van der Waals surface area contributed by atoms with Crippen molar-refractivity contribution in [2.45, 2.75) is 32.7 Å². The van der Waals surface area contributed by atoms with Crippen molar-refractivity contribution < 1.29 is 0 Å². The maximum atomic E-state index is 4.57. The van der Waals surface area contributed by atoms with Gasteiger partial charge in [0.05, 0.1) is 11.4 Å². The van der Waals surface area contributed by atoms with Crippen molar-refractivity contribution in [1.82, 2.24) is 9.55 Å². The van der Waals surface area contributed by atoms with Gasteiger partial charge < -0.3 is 5.32 Å². The lowest BCUT2D eigenvalue weighted by atomic mass is 10.2. The lowest BCUT2D eigenvalue weighted by molar-refractivity contribution is 0.996. The molecule has 0 spiro atoms. The molecule has 0 atom stereocenters. The molecule has 1 aliphatic rings. The van der Waals surface area contributed by atoms with Crippen LogP contribution >= 0.6 is 15.9 Å². The van der Waals surface area contributed by atoms with Crippen molar-refractivity contribution in [2.75, 3.05) is 5.32 Å². The van der Waals surface area contributed by atoms with E-state index >= 15 is 0 Å². The molecule has 0 bridgehead atoms. The predicted octanol–water partition coefficient (Wildman–Crippen LogP) is 3.83. The normalized spacial score (nSPS) is 14.8. The Hall–Kier alpha value is -1.29. The zero-order valence-corrected chi connectivity index (χ0v) is 12.2. The number of imidazole rings is 1.